The third-order valence-corrected chi connectivity index (χ3v) is 13.0. The molecule has 2 unspecified atom stereocenters. The molecule has 7 atom stereocenters. The molecule has 1 rings (SSSR count). The molecule has 1 heterocycles. The van der Waals surface area contributed by atoms with Crippen LogP contribution >= 0.6 is 0 Å². The number of hydrogen-bond acceptors (Lipinski definition) is 8. The molecule has 0 aromatic heterocycles. The van der Waals surface area contributed by atoms with Crippen LogP contribution in [0.3, 0.4) is 0 Å². The molecule has 0 radical (unpaired) electrons. The van der Waals surface area contributed by atoms with Crippen molar-refractivity contribution in [2.24, 2.45) is 0 Å². The quantitative estimate of drug-likeness (QED) is 0.0332. The van der Waals surface area contributed by atoms with Gasteiger partial charge in [0.2, 0.25) is 5.91 Å². The number of carbonyl (C=O) groups excluding carboxylic acids is 1. The number of aliphatic hydroxyl groups is 5. The minimum absolute atomic E-state index is 0.132. The normalized spacial score (nSPS) is 20.4. The van der Waals surface area contributed by atoms with E-state index in [1.807, 2.05) is 0 Å². The van der Waals surface area contributed by atoms with Crippen LogP contribution in [0.1, 0.15) is 264 Å². The van der Waals surface area contributed by atoms with Gasteiger partial charge in [-0.05, 0) is 12.8 Å². The van der Waals surface area contributed by atoms with E-state index in [1.54, 1.807) is 0 Å². The summed E-state index contributed by atoms with van der Waals surface area (Å²) in [6.07, 6.45) is 41.4. The molecule has 1 amide bonds. The van der Waals surface area contributed by atoms with Gasteiger partial charge in [-0.15, -0.1) is 0 Å². The Hall–Kier alpha value is -0.810. The molecule has 60 heavy (non-hydrogen) atoms. The van der Waals surface area contributed by atoms with Crippen molar-refractivity contribution in [1.29, 1.82) is 0 Å². The van der Waals surface area contributed by atoms with E-state index in [1.165, 1.54) is 199 Å². The van der Waals surface area contributed by atoms with E-state index in [2.05, 4.69) is 19.2 Å². The van der Waals surface area contributed by atoms with Crippen LogP contribution in [0.25, 0.3) is 0 Å². The summed E-state index contributed by atoms with van der Waals surface area (Å²) in [5.74, 6) is -0.140. The molecule has 1 fully saturated rings. The molecule has 9 nitrogen and oxygen atoms in total. The van der Waals surface area contributed by atoms with Crippen LogP contribution < -0.4 is 5.32 Å². The second kappa shape index (κ2) is 42.2. The zero-order valence-electron chi connectivity index (χ0n) is 39.5. The van der Waals surface area contributed by atoms with Crippen LogP contribution in [-0.4, -0.2) is 87.5 Å². The predicted molar refractivity (Wildman–Crippen MR) is 249 cm³/mol. The van der Waals surface area contributed by atoms with E-state index in [-0.39, 0.29) is 12.5 Å². The lowest BCUT2D eigenvalue weighted by Gasteiger charge is -2.40. The zero-order chi connectivity index (χ0) is 43.7. The molecule has 0 aromatic rings. The number of ether oxygens (including phenoxy) is 2. The average molecular weight is 856 g/mol. The highest BCUT2D eigenvalue weighted by molar-refractivity contribution is 5.76. The topological polar surface area (TPSA) is 149 Å². The van der Waals surface area contributed by atoms with Crippen molar-refractivity contribution in [3.05, 3.63) is 0 Å². The van der Waals surface area contributed by atoms with Crippen LogP contribution in [0.5, 0.6) is 0 Å². The van der Waals surface area contributed by atoms with E-state index in [0.717, 1.165) is 38.5 Å². The molecule has 0 saturated carbocycles. The predicted octanol–water partition coefficient (Wildman–Crippen LogP) is 11.9. The van der Waals surface area contributed by atoms with Gasteiger partial charge >= 0.3 is 0 Å². The molecule has 358 valence electrons. The lowest BCUT2D eigenvalue weighted by atomic mass is 9.99. The van der Waals surface area contributed by atoms with Crippen molar-refractivity contribution in [1.82, 2.24) is 5.32 Å². The van der Waals surface area contributed by atoms with Crippen molar-refractivity contribution in [2.75, 3.05) is 13.2 Å². The summed E-state index contributed by atoms with van der Waals surface area (Å²) >= 11 is 0. The van der Waals surface area contributed by atoms with Gasteiger partial charge in [0.25, 0.3) is 0 Å². The Morgan fingerprint density at radius 3 is 1.18 bits per heavy atom. The first-order valence-corrected chi connectivity index (χ1v) is 26.2. The molecule has 0 spiro atoms. The molecule has 1 aliphatic rings. The van der Waals surface area contributed by atoms with E-state index >= 15 is 0 Å². The van der Waals surface area contributed by atoms with Crippen LogP contribution in [0.2, 0.25) is 0 Å². The van der Waals surface area contributed by atoms with Gasteiger partial charge in [-0.2, -0.15) is 0 Å². The van der Waals surface area contributed by atoms with E-state index in [9.17, 15) is 30.3 Å². The molecule has 0 bridgehead atoms. The molecule has 0 aliphatic carbocycles. The third-order valence-electron chi connectivity index (χ3n) is 13.0. The average Bonchev–Trinajstić information content (AvgIpc) is 3.25. The van der Waals surface area contributed by atoms with Gasteiger partial charge in [0.05, 0.1) is 25.4 Å². The van der Waals surface area contributed by atoms with Crippen LogP contribution in [0, 0.1) is 0 Å². The number of hydrogen-bond donors (Lipinski definition) is 6. The maximum atomic E-state index is 13.0. The fourth-order valence-electron chi connectivity index (χ4n) is 8.75. The summed E-state index contributed by atoms with van der Waals surface area (Å²) in [6.45, 7) is 3.84. The standard InChI is InChI=1S/C51H101NO8/c1-3-5-7-9-11-13-15-16-17-18-19-20-21-22-23-24-25-26-27-28-29-30-31-33-35-37-39-41-47(55)52-44(43-59-51-50(58)49(57)48(56)46(42-53)60-51)45(54)40-38-36-34-32-14-12-10-8-6-4-2/h44-46,48-51,53-54,56-58H,3-43H2,1-2H3,(H,52,55)/t44-,45+,46+,48+,49?,50?,51+/m0/s1. The fourth-order valence-corrected chi connectivity index (χ4v) is 8.75. The number of nitrogens with one attached hydrogen (secondary N) is 1. The van der Waals surface area contributed by atoms with Gasteiger partial charge in [-0.25, -0.2) is 0 Å². The lowest BCUT2D eigenvalue weighted by Crippen LogP contribution is -2.60. The lowest BCUT2D eigenvalue weighted by molar-refractivity contribution is -0.302. The molecule has 9 heteroatoms. The second-order valence-corrected chi connectivity index (χ2v) is 18.7. The Morgan fingerprint density at radius 2 is 0.833 bits per heavy atom. The Labute approximate surface area is 370 Å². The highest BCUT2D eigenvalue weighted by Gasteiger charge is 2.44. The minimum Gasteiger partial charge on any atom is -0.394 e. The molecule has 0 aromatic carbocycles. The van der Waals surface area contributed by atoms with Gasteiger partial charge in [0, 0.05) is 6.42 Å². The van der Waals surface area contributed by atoms with Crippen molar-refractivity contribution < 1.29 is 39.8 Å². The molecule has 6 N–H and O–H groups in total. The van der Waals surface area contributed by atoms with E-state index < -0.39 is 49.5 Å². The van der Waals surface area contributed by atoms with E-state index in [4.69, 9.17) is 9.47 Å². The van der Waals surface area contributed by atoms with Crippen molar-refractivity contribution in [2.45, 2.75) is 307 Å². The SMILES string of the molecule is CCCCCCCCCCCCCCCCCCCCCCCCCCCCCC(=O)N[C@@H](CO[C@@H]1O[C@H](CO)[C@@H](O)C(O)C1O)[C@H](O)CCCCCCCCCCCC. The first-order valence-electron chi connectivity index (χ1n) is 26.2. The Bertz CT molecular complexity index is 908. The number of aliphatic hydroxyl groups excluding tert-OH is 5. The smallest absolute Gasteiger partial charge is 0.220 e. The molecular formula is C51H101NO8. The Kier molecular flexibility index (Phi) is 40.2. The van der Waals surface area contributed by atoms with Gasteiger partial charge in [-0.1, -0.05) is 245 Å². The summed E-state index contributed by atoms with van der Waals surface area (Å²) in [5, 5.41) is 54.3. The summed E-state index contributed by atoms with van der Waals surface area (Å²) in [5.41, 5.74) is 0. The second-order valence-electron chi connectivity index (χ2n) is 18.7. The van der Waals surface area contributed by atoms with Crippen LogP contribution in [0.15, 0.2) is 0 Å². The van der Waals surface area contributed by atoms with E-state index in [0.29, 0.717) is 12.8 Å². The Morgan fingerprint density at radius 1 is 0.500 bits per heavy atom. The van der Waals surface area contributed by atoms with Crippen LogP contribution in [-0.2, 0) is 14.3 Å². The summed E-state index contributed by atoms with van der Waals surface area (Å²) < 4.78 is 11.3. The van der Waals surface area contributed by atoms with Crippen molar-refractivity contribution in [3.8, 4) is 0 Å². The summed E-state index contributed by atoms with van der Waals surface area (Å²) in [4.78, 5) is 13.0. The number of rotatable bonds is 45. The Balaban J connectivity index is 2.12. The first kappa shape index (κ1) is 57.2. The third kappa shape index (κ3) is 31.9. The number of unbranched alkanes of at least 4 members (excludes halogenated alkanes) is 35. The summed E-state index contributed by atoms with van der Waals surface area (Å²) in [6, 6.07) is -0.711. The van der Waals surface area contributed by atoms with Gasteiger partial charge < -0.3 is 40.3 Å². The molecular weight excluding hydrogens is 755 g/mol. The van der Waals surface area contributed by atoms with Gasteiger partial charge in [0.15, 0.2) is 6.29 Å². The van der Waals surface area contributed by atoms with Gasteiger partial charge in [-0.3, -0.25) is 4.79 Å². The maximum absolute atomic E-state index is 13.0. The highest BCUT2D eigenvalue weighted by Crippen LogP contribution is 2.23. The van der Waals surface area contributed by atoms with Crippen molar-refractivity contribution >= 4 is 5.91 Å². The fraction of sp³-hybridized carbons (Fsp3) is 0.980. The largest absolute Gasteiger partial charge is 0.394 e. The van der Waals surface area contributed by atoms with Crippen molar-refractivity contribution in [3.63, 3.8) is 0 Å². The highest BCUT2D eigenvalue weighted by atomic mass is 16.7. The van der Waals surface area contributed by atoms with Crippen LogP contribution in [0.4, 0.5) is 0 Å². The summed E-state index contributed by atoms with van der Waals surface area (Å²) in [7, 11) is 0. The maximum Gasteiger partial charge on any atom is 0.220 e. The number of amides is 1. The molecule has 1 saturated heterocycles. The number of carbonyl (C=O) groups is 1. The molecule has 1 aliphatic heterocycles. The zero-order valence-corrected chi connectivity index (χ0v) is 39.5. The van der Waals surface area contributed by atoms with Gasteiger partial charge in [0.1, 0.15) is 24.4 Å². The minimum atomic E-state index is -1.55. The first-order chi connectivity index (χ1) is 29.3. The monoisotopic (exact) mass is 856 g/mol.